The Morgan fingerprint density at radius 1 is 1.20 bits per heavy atom. The van der Waals surface area contributed by atoms with E-state index in [1.54, 1.807) is 0 Å². The fourth-order valence-electron chi connectivity index (χ4n) is 3.86. The molecule has 1 aromatic carbocycles. The lowest BCUT2D eigenvalue weighted by Gasteiger charge is -2.19. The van der Waals surface area contributed by atoms with Gasteiger partial charge in [-0.05, 0) is 31.4 Å². The Hall–Kier alpha value is -3.10. The van der Waals surface area contributed by atoms with Crippen molar-refractivity contribution in [1.82, 2.24) is 15.5 Å². The molecule has 0 radical (unpaired) electrons. The monoisotopic (exact) mass is 416 g/mol. The molecule has 1 heterocycles. The van der Waals surface area contributed by atoms with Crippen molar-refractivity contribution in [2.75, 3.05) is 38.2 Å². The average Bonchev–Trinajstić information content (AvgIpc) is 3.30. The van der Waals surface area contributed by atoms with Crippen molar-refractivity contribution < 1.29 is 23.9 Å². The number of urea groups is 1. The highest BCUT2D eigenvalue weighted by atomic mass is 16.5. The van der Waals surface area contributed by atoms with Crippen LogP contribution in [0.15, 0.2) is 30.3 Å². The Balaban J connectivity index is 1.32. The summed E-state index contributed by atoms with van der Waals surface area (Å²) in [5.41, 5.74) is 0.236. The van der Waals surface area contributed by atoms with Crippen LogP contribution >= 0.6 is 0 Å². The fourth-order valence-corrected chi connectivity index (χ4v) is 3.86. The van der Waals surface area contributed by atoms with E-state index < -0.39 is 36.6 Å². The van der Waals surface area contributed by atoms with Gasteiger partial charge in [0.05, 0.1) is 0 Å². The lowest BCUT2D eigenvalue weighted by atomic mass is 9.98. The van der Waals surface area contributed by atoms with Crippen molar-refractivity contribution in [3.05, 3.63) is 30.3 Å². The zero-order valence-electron chi connectivity index (χ0n) is 17.2. The molecule has 1 spiro atoms. The normalized spacial score (nSPS) is 17.2. The molecule has 162 valence electrons. The molecule has 1 aliphatic heterocycles. The molecule has 2 N–H and O–H groups in total. The number of nitrogens with zero attached hydrogens (tertiary/aromatic N) is 2. The third kappa shape index (κ3) is 5.08. The first-order valence-corrected chi connectivity index (χ1v) is 10.2. The van der Waals surface area contributed by atoms with Crippen molar-refractivity contribution in [2.45, 2.75) is 37.6 Å². The van der Waals surface area contributed by atoms with E-state index >= 15 is 0 Å². The van der Waals surface area contributed by atoms with E-state index in [1.165, 1.54) is 0 Å². The molecule has 9 nitrogen and oxygen atoms in total. The Morgan fingerprint density at radius 3 is 2.60 bits per heavy atom. The topological polar surface area (TPSA) is 108 Å². The van der Waals surface area contributed by atoms with Gasteiger partial charge >= 0.3 is 12.0 Å². The third-order valence-electron chi connectivity index (χ3n) is 5.54. The van der Waals surface area contributed by atoms with Crippen LogP contribution in [-0.4, -0.2) is 67.5 Å². The number of nitrogens with one attached hydrogen (secondary N) is 2. The van der Waals surface area contributed by atoms with E-state index in [4.69, 9.17) is 4.74 Å². The Kier molecular flexibility index (Phi) is 6.91. The second kappa shape index (κ2) is 9.60. The molecular formula is C21H28N4O5. The average molecular weight is 416 g/mol. The molecule has 0 unspecified atom stereocenters. The molecule has 0 bridgehead atoms. The van der Waals surface area contributed by atoms with E-state index in [9.17, 15) is 19.2 Å². The predicted octanol–water partition coefficient (Wildman–Crippen LogP) is 1.04. The maximum Gasteiger partial charge on any atom is 0.326 e. The third-order valence-corrected chi connectivity index (χ3v) is 5.54. The van der Waals surface area contributed by atoms with Gasteiger partial charge in [-0.1, -0.05) is 31.0 Å². The highest BCUT2D eigenvalue weighted by Crippen LogP contribution is 2.34. The molecule has 1 aliphatic carbocycles. The number of anilines is 1. The lowest BCUT2D eigenvalue weighted by molar-refractivity contribution is -0.151. The van der Waals surface area contributed by atoms with E-state index in [0.717, 1.165) is 36.4 Å². The lowest BCUT2D eigenvalue weighted by Crippen LogP contribution is -2.44. The molecule has 4 amide bonds. The van der Waals surface area contributed by atoms with Crippen molar-refractivity contribution in [1.29, 1.82) is 0 Å². The van der Waals surface area contributed by atoms with E-state index in [0.29, 0.717) is 19.4 Å². The minimum Gasteiger partial charge on any atom is -0.454 e. The second-order valence-electron chi connectivity index (χ2n) is 7.73. The smallest absolute Gasteiger partial charge is 0.326 e. The summed E-state index contributed by atoms with van der Waals surface area (Å²) in [6.07, 6.45) is 3.64. The van der Waals surface area contributed by atoms with Crippen molar-refractivity contribution in [3.8, 4) is 0 Å². The van der Waals surface area contributed by atoms with E-state index in [2.05, 4.69) is 15.5 Å². The van der Waals surface area contributed by atoms with Crippen molar-refractivity contribution in [3.63, 3.8) is 0 Å². The number of esters is 1. The van der Waals surface area contributed by atoms with Gasteiger partial charge in [-0.2, -0.15) is 0 Å². The first kappa shape index (κ1) is 21.6. The van der Waals surface area contributed by atoms with Crippen LogP contribution in [0.1, 0.15) is 32.1 Å². The number of hydrogen-bond acceptors (Lipinski definition) is 6. The fraction of sp³-hybridized carbons (Fsp3) is 0.524. The summed E-state index contributed by atoms with van der Waals surface area (Å²) in [6.45, 7) is 0.283. The number of rotatable bonds is 9. The number of para-hydroxylation sites is 1. The number of amides is 4. The van der Waals surface area contributed by atoms with Gasteiger partial charge in [0.1, 0.15) is 12.1 Å². The minimum absolute atomic E-state index is 0.381. The van der Waals surface area contributed by atoms with Crippen LogP contribution < -0.4 is 15.5 Å². The summed E-state index contributed by atoms with van der Waals surface area (Å²) >= 11 is 0. The summed E-state index contributed by atoms with van der Waals surface area (Å²) in [5, 5.41) is 5.39. The van der Waals surface area contributed by atoms with E-state index in [-0.39, 0.29) is 5.91 Å². The van der Waals surface area contributed by atoms with Gasteiger partial charge < -0.3 is 20.3 Å². The van der Waals surface area contributed by atoms with Crippen LogP contribution in [0, 0.1) is 0 Å². The Morgan fingerprint density at radius 2 is 1.90 bits per heavy atom. The highest BCUT2D eigenvalue weighted by molar-refractivity contribution is 6.08. The Labute approximate surface area is 175 Å². The van der Waals surface area contributed by atoms with Gasteiger partial charge in [0.15, 0.2) is 6.61 Å². The van der Waals surface area contributed by atoms with Crippen LogP contribution in [0.25, 0.3) is 0 Å². The van der Waals surface area contributed by atoms with Gasteiger partial charge in [-0.25, -0.2) is 4.79 Å². The van der Waals surface area contributed by atoms with Crippen molar-refractivity contribution in [2.24, 2.45) is 0 Å². The van der Waals surface area contributed by atoms with Gasteiger partial charge in [-0.3, -0.25) is 19.3 Å². The van der Waals surface area contributed by atoms with Crippen LogP contribution in [0.5, 0.6) is 0 Å². The highest BCUT2D eigenvalue weighted by Gasteiger charge is 2.52. The van der Waals surface area contributed by atoms with Crippen LogP contribution in [-0.2, 0) is 19.1 Å². The summed E-state index contributed by atoms with van der Waals surface area (Å²) in [4.78, 5) is 51.4. The molecule has 2 fully saturated rings. The molecule has 2 aliphatic rings. The number of ether oxygens (including phenoxy) is 1. The molecule has 1 aromatic rings. The molecular weight excluding hydrogens is 388 g/mol. The summed E-state index contributed by atoms with van der Waals surface area (Å²) < 4.78 is 4.93. The number of carbonyl (C=O) groups is 4. The van der Waals surface area contributed by atoms with Gasteiger partial charge in [0.25, 0.3) is 11.8 Å². The molecule has 3 rings (SSSR count). The zero-order valence-corrected chi connectivity index (χ0v) is 17.2. The van der Waals surface area contributed by atoms with Gasteiger partial charge in [0.2, 0.25) is 0 Å². The molecule has 0 aromatic heterocycles. The first-order chi connectivity index (χ1) is 14.4. The molecule has 1 saturated heterocycles. The second-order valence-corrected chi connectivity index (χ2v) is 7.73. The summed E-state index contributed by atoms with van der Waals surface area (Å²) in [6, 6.07) is 9.34. The summed E-state index contributed by atoms with van der Waals surface area (Å²) in [7, 11) is 1.98. The molecule has 1 saturated carbocycles. The maximum atomic E-state index is 12.5. The largest absolute Gasteiger partial charge is 0.454 e. The SMILES string of the molecule is CN(CCCNC(=O)COC(=O)CN1C(=O)NC2(CCCC2)C1=O)c1ccccc1. The van der Waals surface area contributed by atoms with Crippen LogP contribution in [0.4, 0.5) is 10.5 Å². The van der Waals surface area contributed by atoms with Crippen LogP contribution in [0.3, 0.4) is 0 Å². The maximum absolute atomic E-state index is 12.5. The number of imide groups is 1. The minimum atomic E-state index is -0.859. The molecule has 9 heteroatoms. The van der Waals surface area contributed by atoms with Crippen molar-refractivity contribution >= 4 is 29.5 Å². The number of carbonyl (C=O) groups excluding carboxylic acids is 4. The van der Waals surface area contributed by atoms with Gasteiger partial charge in [0, 0.05) is 25.8 Å². The van der Waals surface area contributed by atoms with E-state index in [1.807, 2.05) is 37.4 Å². The Bertz CT molecular complexity index is 792. The number of hydrogen-bond donors (Lipinski definition) is 2. The standard InChI is InChI=1S/C21H28N4O5/c1-24(16-8-3-2-4-9-16)13-7-12-22-17(26)15-30-18(27)14-25-19(28)21(23-20(25)29)10-5-6-11-21/h2-4,8-9H,5-7,10-15H2,1H3,(H,22,26)(H,23,29). The molecule has 0 atom stereocenters. The first-order valence-electron chi connectivity index (χ1n) is 10.2. The van der Waals surface area contributed by atoms with Crippen LogP contribution in [0.2, 0.25) is 0 Å². The predicted molar refractivity (Wildman–Crippen MR) is 110 cm³/mol. The summed E-state index contributed by atoms with van der Waals surface area (Å²) in [5.74, 6) is -1.59. The molecule has 30 heavy (non-hydrogen) atoms. The number of benzene rings is 1. The van der Waals surface area contributed by atoms with Gasteiger partial charge in [-0.15, -0.1) is 0 Å². The quantitative estimate of drug-likeness (QED) is 0.354. The zero-order chi connectivity index (χ0) is 21.6.